The molecule has 1 aromatic rings. The molecule has 2 atom stereocenters. The van der Waals surface area contributed by atoms with E-state index in [1.54, 1.807) is 25.1 Å². The van der Waals surface area contributed by atoms with Gasteiger partial charge in [0.15, 0.2) is 0 Å². The van der Waals surface area contributed by atoms with E-state index in [0.717, 1.165) is 31.4 Å². The summed E-state index contributed by atoms with van der Waals surface area (Å²) in [6.07, 6.45) is 3.69. The molecule has 1 aromatic carbocycles. The minimum absolute atomic E-state index is 0.0842. The number of aliphatic hydroxyl groups is 1. The van der Waals surface area contributed by atoms with Crippen LogP contribution in [0.15, 0.2) is 24.3 Å². The Balaban J connectivity index is 2.02. The summed E-state index contributed by atoms with van der Waals surface area (Å²) < 4.78 is 0. The van der Waals surface area contributed by atoms with Crippen LogP contribution in [-0.4, -0.2) is 39.7 Å². The molecule has 0 aromatic heterocycles. The van der Waals surface area contributed by atoms with Gasteiger partial charge in [0, 0.05) is 12.6 Å². The Morgan fingerprint density at radius 3 is 2.95 bits per heavy atom. The molecule has 2 rings (SSSR count). The van der Waals surface area contributed by atoms with Gasteiger partial charge in [0.05, 0.1) is 12.5 Å². The Kier molecular flexibility index (Phi) is 5.01. The molecule has 0 saturated carbocycles. The third-order valence-corrected chi connectivity index (χ3v) is 3.83. The number of hydrogen-bond acceptors (Lipinski definition) is 3. The highest BCUT2D eigenvalue weighted by Gasteiger charge is 2.27. The molecule has 2 N–H and O–H groups in total. The van der Waals surface area contributed by atoms with Crippen molar-refractivity contribution in [2.24, 2.45) is 0 Å². The van der Waals surface area contributed by atoms with Crippen molar-refractivity contribution in [2.75, 3.05) is 6.54 Å². The van der Waals surface area contributed by atoms with E-state index in [1.807, 2.05) is 11.0 Å². The van der Waals surface area contributed by atoms with Crippen LogP contribution >= 0.6 is 0 Å². The van der Waals surface area contributed by atoms with E-state index in [1.165, 1.54) is 0 Å². The molecule has 1 fully saturated rings. The minimum atomic E-state index is -0.380. The Labute approximate surface area is 120 Å². The monoisotopic (exact) mass is 277 g/mol. The summed E-state index contributed by atoms with van der Waals surface area (Å²) in [7, 11) is 0. The number of carbonyl (C=O) groups is 1. The number of aromatic hydroxyl groups is 1. The fourth-order valence-corrected chi connectivity index (χ4v) is 2.91. The molecule has 0 aliphatic carbocycles. The van der Waals surface area contributed by atoms with Crippen molar-refractivity contribution in [2.45, 2.75) is 51.2 Å². The van der Waals surface area contributed by atoms with Crippen LogP contribution in [0.4, 0.5) is 0 Å². The van der Waals surface area contributed by atoms with Crippen molar-refractivity contribution in [1.29, 1.82) is 0 Å². The normalized spacial score (nSPS) is 20.7. The van der Waals surface area contributed by atoms with E-state index < -0.39 is 0 Å². The number of carbonyl (C=O) groups excluding carboxylic acids is 1. The molecular formula is C16H23NO3. The molecular weight excluding hydrogens is 254 g/mol. The maximum absolute atomic E-state index is 12.4. The van der Waals surface area contributed by atoms with Gasteiger partial charge >= 0.3 is 0 Å². The molecule has 0 spiro atoms. The zero-order valence-electron chi connectivity index (χ0n) is 12.0. The van der Waals surface area contributed by atoms with Gasteiger partial charge in [0.2, 0.25) is 5.91 Å². The lowest BCUT2D eigenvalue weighted by Crippen LogP contribution is -2.45. The summed E-state index contributed by atoms with van der Waals surface area (Å²) in [6.45, 7) is 2.54. The van der Waals surface area contributed by atoms with E-state index in [0.29, 0.717) is 12.8 Å². The predicted molar refractivity (Wildman–Crippen MR) is 77.5 cm³/mol. The molecule has 1 aliphatic heterocycles. The second-order valence-corrected chi connectivity index (χ2v) is 5.67. The first-order chi connectivity index (χ1) is 9.56. The number of nitrogens with zero attached hydrogens (tertiary/aromatic N) is 1. The van der Waals surface area contributed by atoms with Crippen LogP contribution in [0.5, 0.6) is 5.75 Å². The van der Waals surface area contributed by atoms with Crippen molar-refractivity contribution in [1.82, 2.24) is 4.90 Å². The third kappa shape index (κ3) is 3.97. The van der Waals surface area contributed by atoms with Gasteiger partial charge in [-0.1, -0.05) is 12.1 Å². The first-order valence-corrected chi connectivity index (χ1v) is 7.31. The number of piperidine rings is 1. The van der Waals surface area contributed by atoms with Gasteiger partial charge in [-0.05, 0) is 50.3 Å². The average molecular weight is 277 g/mol. The van der Waals surface area contributed by atoms with E-state index in [9.17, 15) is 15.0 Å². The van der Waals surface area contributed by atoms with Gasteiger partial charge in [0.1, 0.15) is 5.75 Å². The topological polar surface area (TPSA) is 60.8 Å². The van der Waals surface area contributed by atoms with Crippen LogP contribution in [0.2, 0.25) is 0 Å². The van der Waals surface area contributed by atoms with E-state index in [4.69, 9.17) is 0 Å². The second-order valence-electron chi connectivity index (χ2n) is 5.67. The highest BCUT2D eigenvalue weighted by Crippen LogP contribution is 2.22. The van der Waals surface area contributed by atoms with Crippen LogP contribution in [0, 0.1) is 0 Å². The number of aliphatic hydroxyl groups excluding tert-OH is 1. The zero-order valence-corrected chi connectivity index (χ0v) is 12.0. The number of hydrogen-bond donors (Lipinski definition) is 2. The van der Waals surface area contributed by atoms with Crippen LogP contribution in [0.3, 0.4) is 0 Å². The fraction of sp³-hybridized carbons (Fsp3) is 0.562. The summed E-state index contributed by atoms with van der Waals surface area (Å²) in [6, 6.07) is 6.98. The van der Waals surface area contributed by atoms with Gasteiger partial charge in [-0.2, -0.15) is 0 Å². The van der Waals surface area contributed by atoms with Crippen LogP contribution < -0.4 is 0 Å². The first kappa shape index (κ1) is 14.9. The molecule has 110 valence electrons. The van der Waals surface area contributed by atoms with Gasteiger partial charge < -0.3 is 15.1 Å². The summed E-state index contributed by atoms with van der Waals surface area (Å²) in [5.74, 6) is 0.274. The number of likely N-dealkylation sites (tertiary alicyclic amines) is 1. The van der Waals surface area contributed by atoms with Crippen molar-refractivity contribution in [3.63, 3.8) is 0 Å². The number of benzene rings is 1. The largest absolute Gasteiger partial charge is 0.508 e. The molecule has 4 nitrogen and oxygen atoms in total. The Morgan fingerprint density at radius 2 is 2.25 bits per heavy atom. The van der Waals surface area contributed by atoms with Crippen molar-refractivity contribution >= 4 is 5.91 Å². The number of amides is 1. The molecule has 1 heterocycles. The second kappa shape index (κ2) is 6.75. The lowest BCUT2D eigenvalue weighted by molar-refractivity contribution is -0.134. The molecule has 0 radical (unpaired) electrons. The predicted octanol–water partition coefficient (Wildman–Crippen LogP) is 2.09. The maximum atomic E-state index is 12.4. The molecule has 0 bridgehead atoms. The summed E-state index contributed by atoms with van der Waals surface area (Å²) in [5.41, 5.74) is 0.830. The first-order valence-electron chi connectivity index (χ1n) is 7.31. The molecule has 4 heteroatoms. The summed E-state index contributed by atoms with van der Waals surface area (Å²) >= 11 is 0. The fourth-order valence-electron chi connectivity index (χ4n) is 2.91. The van der Waals surface area contributed by atoms with Gasteiger partial charge in [-0.25, -0.2) is 0 Å². The smallest absolute Gasteiger partial charge is 0.227 e. The van der Waals surface area contributed by atoms with E-state index in [-0.39, 0.29) is 23.8 Å². The van der Waals surface area contributed by atoms with E-state index in [2.05, 4.69) is 0 Å². The number of phenolic OH excluding ortho intramolecular Hbond substituents is 1. The van der Waals surface area contributed by atoms with Gasteiger partial charge in [-0.15, -0.1) is 0 Å². The quantitative estimate of drug-likeness (QED) is 0.886. The molecule has 1 aliphatic rings. The van der Waals surface area contributed by atoms with E-state index >= 15 is 0 Å². The van der Waals surface area contributed by atoms with Gasteiger partial charge in [-0.3, -0.25) is 4.79 Å². The minimum Gasteiger partial charge on any atom is -0.508 e. The Morgan fingerprint density at radius 1 is 1.45 bits per heavy atom. The highest BCUT2D eigenvalue weighted by molar-refractivity contribution is 5.79. The number of phenols is 1. The van der Waals surface area contributed by atoms with Crippen molar-refractivity contribution in [3.8, 4) is 5.75 Å². The van der Waals surface area contributed by atoms with Crippen molar-refractivity contribution in [3.05, 3.63) is 29.8 Å². The third-order valence-electron chi connectivity index (χ3n) is 3.83. The average Bonchev–Trinajstić information content (AvgIpc) is 2.38. The molecule has 1 saturated heterocycles. The number of rotatable bonds is 4. The van der Waals surface area contributed by atoms with Crippen molar-refractivity contribution < 1.29 is 15.0 Å². The molecule has 2 unspecified atom stereocenters. The lowest BCUT2D eigenvalue weighted by atomic mass is 9.96. The SMILES string of the molecule is CC(O)CC1CCCCN1C(=O)Cc1cccc(O)c1. The maximum Gasteiger partial charge on any atom is 0.227 e. The van der Waals surface area contributed by atoms with Crippen LogP contribution in [0.25, 0.3) is 0 Å². The lowest BCUT2D eigenvalue weighted by Gasteiger charge is -2.36. The molecule has 20 heavy (non-hydrogen) atoms. The summed E-state index contributed by atoms with van der Waals surface area (Å²) in [5, 5.41) is 19.0. The van der Waals surface area contributed by atoms with Crippen LogP contribution in [0.1, 0.15) is 38.2 Å². The summed E-state index contributed by atoms with van der Waals surface area (Å²) in [4.78, 5) is 14.3. The standard InChI is InChI=1S/C16H23NO3/c1-12(18)9-14-6-2-3-8-17(14)16(20)11-13-5-4-7-15(19)10-13/h4-5,7,10,12,14,18-19H,2-3,6,8-9,11H2,1H3. The zero-order chi connectivity index (χ0) is 14.5. The molecule has 1 amide bonds. The Hall–Kier alpha value is -1.55. The van der Waals surface area contributed by atoms with Crippen LogP contribution in [-0.2, 0) is 11.2 Å². The highest BCUT2D eigenvalue weighted by atomic mass is 16.3. The van der Waals surface area contributed by atoms with Gasteiger partial charge in [0.25, 0.3) is 0 Å². The Bertz CT molecular complexity index is 459.